The van der Waals surface area contributed by atoms with Gasteiger partial charge in [0.2, 0.25) is 11.8 Å². The molecule has 6 atom stereocenters. The van der Waals surface area contributed by atoms with E-state index >= 15 is 0 Å². The van der Waals surface area contributed by atoms with E-state index in [1.54, 1.807) is 18.2 Å². The molecule has 3 aromatic carbocycles. The van der Waals surface area contributed by atoms with Gasteiger partial charge in [0.25, 0.3) is 0 Å². The number of fused-ring (bicyclic) bond motifs is 6. The average Bonchev–Trinajstić information content (AvgIpc) is 4.09. The molecule has 4 N–H and O–H groups in total. The second kappa shape index (κ2) is 17.1. The Labute approximate surface area is 354 Å². The zero-order valence-electron chi connectivity index (χ0n) is 35.7. The van der Waals surface area contributed by atoms with Crippen molar-refractivity contribution in [3.05, 3.63) is 65.9 Å². The summed E-state index contributed by atoms with van der Waals surface area (Å²) in [5.74, 6) is 1.75. The molecule has 5 heterocycles. The number of ether oxygens (including phenoxy) is 4. The highest BCUT2D eigenvalue weighted by Gasteiger charge is 2.42. The zero-order chi connectivity index (χ0) is 43.1. The number of alkyl carbamates (subject to hydrolysis) is 2. The monoisotopic (exact) mass is 834 g/mol. The van der Waals surface area contributed by atoms with Crippen LogP contribution in [0.4, 0.5) is 9.59 Å². The van der Waals surface area contributed by atoms with Crippen LogP contribution in [-0.2, 0) is 30.4 Å². The van der Waals surface area contributed by atoms with Crippen LogP contribution in [0.15, 0.2) is 48.7 Å². The zero-order valence-corrected chi connectivity index (χ0v) is 35.7. The number of rotatable bonds is 11. The molecule has 2 fully saturated rings. The number of hydrogen-bond donors (Lipinski definition) is 4. The molecule has 0 bridgehead atoms. The lowest BCUT2D eigenvalue weighted by molar-refractivity contribution is -0.136. The molecule has 0 saturated carbocycles. The van der Waals surface area contributed by atoms with Crippen LogP contribution in [0.25, 0.3) is 44.2 Å². The highest BCUT2D eigenvalue weighted by Crippen LogP contribution is 2.44. The normalized spacial score (nSPS) is 20.6. The smallest absolute Gasteiger partial charge is 0.407 e. The Balaban J connectivity index is 1.05. The third-order valence-electron chi connectivity index (χ3n) is 12.5. The van der Waals surface area contributed by atoms with Crippen molar-refractivity contribution >= 4 is 45.8 Å². The van der Waals surface area contributed by atoms with E-state index in [9.17, 15) is 19.2 Å². The number of likely N-dealkylation sites (tertiary alicyclic amines) is 2. The highest BCUT2D eigenvalue weighted by molar-refractivity contribution is 6.07. The van der Waals surface area contributed by atoms with Crippen molar-refractivity contribution in [3.63, 3.8) is 0 Å². The van der Waals surface area contributed by atoms with Gasteiger partial charge in [-0.15, -0.1) is 0 Å². The van der Waals surface area contributed by atoms with Gasteiger partial charge < -0.3 is 49.3 Å². The summed E-state index contributed by atoms with van der Waals surface area (Å²) in [6.07, 6.45) is 3.18. The van der Waals surface area contributed by atoms with Crippen molar-refractivity contribution in [2.24, 2.45) is 11.8 Å². The summed E-state index contributed by atoms with van der Waals surface area (Å²) in [7, 11) is 4.23. The van der Waals surface area contributed by atoms with Gasteiger partial charge >= 0.3 is 12.2 Å². The van der Waals surface area contributed by atoms with E-state index in [0.29, 0.717) is 44.2 Å². The molecular formula is C45H54N8O8. The topological polar surface area (TPSA) is 193 Å². The Hall–Kier alpha value is -6.16. The van der Waals surface area contributed by atoms with Crippen molar-refractivity contribution < 1.29 is 38.1 Å². The van der Waals surface area contributed by atoms with Gasteiger partial charge in [-0.2, -0.15) is 0 Å². The van der Waals surface area contributed by atoms with E-state index in [4.69, 9.17) is 28.9 Å². The van der Waals surface area contributed by atoms with Gasteiger partial charge in [-0.1, -0.05) is 39.0 Å². The minimum Gasteiger partial charge on any atom is -0.488 e. The first-order valence-electron chi connectivity index (χ1n) is 21.0. The molecule has 6 unspecified atom stereocenters. The lowest BCUT2D eigenvalue weighted by Gasteiger charge is -2.31. The molecule has 61 heavy (non-hydrogen) atoms. The maximum absolute atomic E-state index is 13.9. The van der Waals surface area contributed by atoms with Crippen LogP contribution in [0.1, 0.15) is 82.7 Å². The van der Waals surface area contributed by atoms with Crippen LogP contribution in [0.3, 0.4) is 0 Å². The van der Waals surface area contributed by atoms with Crippen molar-refractivity contribution in [3.8, 4) is 28.1 Å². The van der Waals surface area contributed by atoms with Crippen LogP contribution in [0.2, 0.25) is 0 Å². The van der Waals surface area contributed by atoms with Crippen LogP contribution < -0.4 is 15.4 Å². The minimum atomic E-state index is -0.754. The maximum atomic E-state index is 13.9. The summed E-state index contributed by atoms with van der Waals surface area (Å²) in [5, 5.41) is 7.36. The number of benzene rings is 3. The van der Waals surface area contributed by atoms with Crippen molar-refractivity contribution in [1.82, 2.24) is 40.4 Å². The van der Waals surface area contributed by atoms with Gasteiger partial charge in [0.1, 0.15) is 36.1 Å². The third-order valence-corrected chi connectivity index (χ3v) is 12.5. The summed E-state index contributed by atoms with van der Waals surface area (Å²) in [5.41, 5.74) is 6.51. The first-order valence-corrected chi connectivity index (χ1v) is 21.0. The molecule has 5 aromatic rings. The largest absolute Gasteiger partial charge is 0.488 e. The average molecular weight is 835 g/mol. The number of aromatic amines is 2. The first-order chi connectivity index (χ1) is 29.4. The van der Waals surface area contributed by atoms with E-state index in [1.165, 1.54) is 14.2 Å². The van der Waals surface area contributed by atoms with Crippen LogP contribution in [-0.4, -0.2) is 106 Å². The quantitative estimate of drug-likeness (QED) is 0.110. The lowest BCUT2D eigenvalue weighted by atomic mass is 9.92. The summed E-state index contributed by atoms with van der Waals surface area (Å²) < 4.78 is 21.5. The van der Waals surface area contributed by atoms with Gasteiger partial charge in [-0.3, -0.25) is 9.59 Å². The number of amides is 4. The molecule has 8 rings (SSSR count). The second-order valence-electron chi connectivity index (χ2n) is 16.7. The molecule has 16 nitrogen and oxygen atoms in total. The minimum absolute atomic E-state index is 0.0182. The first kappa shape index (κ1) is 41.6. The molecule has 0 radical (unpaired) electrons. The molecule has 16 heteroatoms. The number of aromatic nitrogens is 4. The highest BCUT2D eigenvalue weighted by atomic mass is 16.5. The second-order valence-corrected chi connectivity index (χ2v) is 16.7. The van der Waals surface area contributed by atoms with Crippen molar-refractivity contribution in [2.75, 3.05) is 34.5 Å². The number of methoxy groups -OCH3 is 3. The predicted molar refractivity (Wildman–Crippen MR) is 227 cm³/mol. The molecular weight excluding hydrogens is 781 g/mol. The fraction of sp³-hybridized carbons (Fsp3) is 0.467. The molecule has 322 valence electrons. The fourth-order valence-electron chi connectivity index (χ4n) is 9.29. The summed E-state index contributed by atoms with van der Waals surface area (Å²) in [4.78, 5) is 72.4. The van der Waals surface area contributed by atoms with Crippen molar-refractivity contribution in [2.45, 2.75) is 90.2 Å². The lowest BCUT2D eigenvalue weighted by Crippen LogP contribution is -2.51. The maximum Gasteiger partial charge on any atom is 0.407 e. The van der Waals surface area contributed by atoms with Gasteiger partial charge in [-0.25, -0.2) is 19.6 Å². The number of imidazole rings is 2. The Kier molecular flexibility index (Phi) is 11.6. The predicted octanol–water partition coefficient (Wildman–Crippen LogP) is 6.77. The molecule has 0 spiro atoms. The van der Waals surface area contributed by atoms with E-state index in [1.807, 2.05) is 38.7 Å². The number of nitrogens with one attached hydrogen (secondary N) is 4. The molecule has 3 aliphatic rings. The number of nitrogens with zero attached hydrogens (tertiary/aromatic N) is 4. The van der Waals surface area contributed by atoms with E-state index in [0.717, 1.165) is 68.3 Å². The van der Waals surface area contributed by atoms with Gasteiger partial charge in [0.15, 0.2) is 0 Å². The number of hydrogen-bond acceptors (Lipinski definition) is 10. The van der Waals surface area contributed by atoms with E-state index in [2.05, 4.69) is 57.0 Å². The third kappa shape index (κ3) is 7.84. The number of carbonyl (C=O) groups excluding carboxylic acids is 4. The molecule has 4 amide bonds. The van der Waals surface area contributed by atoms with Crippen LogP contribution in [0.5, 0.6) is 5.75 Å². The Bertz CT molecular complexity index is 2480. The van der Waals surface area contributed by atoms with Crippen molar-refractivity contribution in [1.29, 1.82) is 0 Å². The Morgan fingerprint density at radius 1 is 0.918 bits per heavy atom. The number of carbonyl (C=O) groups is 4. The molecule has 2 aromatic heterocycles. The SMILES string of the molecule is CCC(NC(=O)OC)C(=O)N1C(C)CCC1c1nc2c(ccc3cc4c(cc32)OCc2cc(-c3cnc(C5CC(COC)CN5C(=O)C(NC(=O)OC)C(C)C)[nH]3)ccc2-4)[nH]1. The fourth-order valence-corrected chi connectivity index (χ4v) is 9.29. The molecule has 3 aliphatic heterocycles. The van der Waals surface area contributed by atoms with E-state index < -0.39 is 24.3 Å². The standard InChI is InChI=1S/C45H54N8O8/c1-8-32(49-44(56)59-6)42(54)53-24(4)9-14-35(53)41-47-33-13-11-26-17-31-29-12-10-27(16-28(29)22-61-37(31)18-30(26)39(33)50-41)34-19-46-40(48-34)36-15-25(21-58-5)20-52(36)43(55)38(23(2)3)51-45(57)60-7/h10-13,16-19,23-25,32,35-36,38H,8-9,14-15,20-22H2,1-7H3,(H,46,48)(H,47,50)(H,49,56)(H,51,57). The van der Waals surface area contributed by atoms with Crippen LogP contribution >= 0.6 is 0 Å². The summed E-state index contributed by atoms with van der Waals surface area (Å²) in [6.45, 7) is 9.03. The van der Waals surface area contributed by atoms with Gasteiger partial charge in [0, 0.05) is 36.6 Å². The number of H-pyrrole nitrogens is 2. The molecule has 2 saturated heterocycles. The van der Waals surface area contributed by atoms with E-state index in [-0.39, 0.29) is 41.8 Å². The van der Waals surface area contributed by atoms with Gasteiger partial charge in [0.05, 0.1) is 55.8 Å². The Morgan fingerprint density at radius 2 is 1.70 bits per heavy atom. The molecule has 0 aliphatic carbocycles. The van der Waals surface area contributed by atoms with Gasteiger partial charge in [-0.05, 0) is 84.9 Å². The Morgan fingerprint density at radius 3 is 2.44 bits per heavy atom. The summed E-state index contributed by atoms with van der Waals surface area (Å²) in [6, 6.07) is 12.5. The van der Waals surface area contributed by atoms with Crippen LogP contribution in [0, 0.1) is 11.8 Å². The summed E-state index contributed by atoms with van der Waals surface area (Å²) >= 11 is 0.